The molecule has 1 aliphatic rings. The second-order valence-corrected chi connectivity index (χ2v) is 4.45. The smallest absolute Gasteiger partial charge is 0.327 e. The highest BCUT2D eigenvalue weighted by Gasteiger charge is 2.29. The quantitative estimate of drug-likeness (QED) is 0.794. The Balaban J connectivity index is 2.38. The van der Waals surface area contributed by atoms with Crippen molar-refractivity contribution in [3.05, 3.63) is 24.0 Å². The first kappa shape index (κ1) is 10.3. The number of carboxylic acid groups (broad SMARTS) is 1. The van der Waals surface area contributed by atoms with Crippen LogP contribution in [-0.2, 0) is 4.79 Å². The fourth-order valence-electron chi connectivity index (χ4n) is 1.58. The van der Waals surface area contributed by atoms with Crippen LogP contribution in [0.25, 0.3) is 0 Å². The number of hydrogen-bond acceptors (Lipinski definition) is 3. The average molecular weight is 227 g/mol. The fourth-order valence-corrected chi connectivity index (χ4v) is 2.84. The summed E-state index contributed by atoms with van der Waals surface area (Å²) in [5.74, 6) is -0.689. The van der Waals surface area contributed by atoms with E-state index in [9.17, 15) is 9.18 Å². The third kappa shape index (κ3) is 1.79. The van der Waals surface area contributed by atoms with E-state index < -0.39 is 12.0 Å². The lowest BCUT2D eigenvalue weighted by Gasteiger charge is -2.32. The molecule has 0 aliphatic carbocycles. The van der Waals surface area contributed by atoms with Gasteiger partial charge in [0.15, 0.2) is 0 Å². The molecule has 0 aromatic heterocycles. The standard InChI is InChI=1S/C10H10FNO2S/c1-12-7-3-2-6(11)4-9(7)15-5-8(12)10(13)14/h2-4,8H,5H2,1H3,(H,13,14). The van der Waals surface area contributed by atoms with Crippen molar-refractivity contribution in [1.29, 1.82) is 0 Å². The van der Waals surface area contributed by atoms with E-state index in [-0.39, 0.29) is 5.82 Å². The van der Waals surface area contributed by atoms with E-state index in [1.807, 2.05) is 0 Å². The molecular formula is C10H10FNO2S. The van der Waals surface area contributed by atoms with Gasteiger partial charge in [-0.1, -0.05) is 0 Å². The number of fused-ring (bicyclic) bond motifs is 1. The Morgan fingerprint density at radius 3 is 3.07 bits per heavy atom. The molecule has 1 atom stereocenters. The van der Waals surface area contributed by atoms with E-state index >= 15 is 0 Å². The molecule has 1 aromatic carbocycles. The van der Waals surface area contributed by atoms with E-state index in [0.29, 0.717) is 5.75 Å². The third-order valence-corrected chi connectivity index (χ3v) is 3.57. The van der Waals surface area contributed by atoms with Gasteiger partial charge in [-0.2, -0.15) is 0 Å². The maximum absolute atomic E-state index is 12.9. The van der Waals surface area contributed by atoms with Crippen molar-refractivity contribution in [3.63, 3.8) is 0 Å². The van der Waals surface area contributed by atoms with Crippen molar-refractivity contribution in [2.75, 3.05) is 17.7 Å². The number of carboxylic acids is 1. The zero-order chi connectivity index (χ0) is 11.0. The van der Waals surface area contributed by atoms with Crippen molar-refractivity contribution in [2.24, 2.45) is 0 Å². The fraction of sp³-hybridized carbons (Fsp3) is 0.300. The van der Waals surface area contributed by atoms with Crippen molar-refractivity contribution >= 4 is 23.4 Å². The highest BCUT2D eigenvalue weighted by molar-refractivity contribution is 7.99. The number of hydrogen-bond donors (Lipinski definition) is 1. The van der Waals surface area contributed by atoms with Gasteiger partial charge in [-0.15, -0.1) is 11.8 Å². The van der Waals surface area contributed by atoms with Gasteiger partial charge in [0.2, 0.25) is 0 Å². The molecule has 0 amide bonds. The third-order valence-electron chi connectivity index (χ3n) is 2.45. The predicted octanol–water partition coefficient (Wildman–Crippen LogP) is 1.82. The van der Waals surface area contributed by atoms with E-state index in [1.165, 1.54) is 23.9 Å². The number of aliphatic carboxylic acids is 1. The molecule has 0 spiro atoms. The van der Waals surface area contributed by atoms with E-state index in [0.717, 1.165) is 10.6 Å². The van der Waals surface area contributed by atoms with Crippen LogP contribution in [0.15, 0.2) is 23.1 Å². The SMILES string of the molecule is CN1c2ccc(F)cc2SCC1C(=O)O. The molecule has 80 valence electrons. The molecule has 0 fully saturated rings. The number of carbonyl (C=O) groups is 1. The number of likely N-dealkylation sites (N-methyl/N-ethyl adjacent to an activating group) is 1. The molecule has 1 N–H and O–H groups in total. The minimum atomic E-state index is -0.847. The van der Waals surface area contributed by atoms with Crippen LogP contribution in [0.3, 0.4) is 0 Å². The molecule has 5 heteroatoms. The Morgan fingerprint density at radius 2 is 2.40 bits per heavy atom. The van der Waals surface area contributed by atoms with Crippen molar-refractivity contribution in [2.45, 2.75) is 10.9 Å². The summed E-state index contributed by atoms with van der Waals surface area (Å²) in [7, 11) is 1.72. The second kappa shape index (κ2) is 3.73. The van der Waals surface area contributed by atoms with Gasteiger partial charge in [0.05, 0.1) is 5.69 Å². The second-order valence-electron chi connectivity index (χ2n) is 3.39. The Bertz CT molecular complexity index is 410. The zero-order valence-corrected chi connectivity index (χ0v) is 8.92. The largest absolute Gasteiger partial charge is 0.480 e. The Kier molecular flexibility index (Phi) is 2.56. The molecule has 0 bridgehead atoms. The molecule has 1 aliphatic heterocycles. The van der Waals surface area contributed by atoms with Crippen LogP contribution in [-0.4, -0.2) is 29.9 Å². The first-order chi connectivity index (χ1) is 7.09. The summed E-state index contributed by atoms with van der Waals surface area (Å²) >= 11 is 1.38. The van der Waals surface area contributed by atoms with Gasteiger partial charge in [0.25, 0.3) is 0 Å². The molecule has 0 radical (unpaired) electrons. The van der Waals surface area contributed by atoms with Gasteiger partial charge in [-0.25, -0.2) is 9.18 Å². The number of halogens is 1. The summed E-state index contributed by atoms with van der Waals surface area (Å²) in [6.07, 6.45) is 0. The predicted molar refractivity (Wildman–Crippen MR) is 57.0 cm³/mol. The van der Waals surface area contributed by atoms with Gasteiger partial charge in [0, 0.05) is 17.7 Å². The van der Waals surface area contributed by atoms with Crippen molar-refractivity contribution in [3.8, 4) is 0 Å². The number of thioether (sulfide) groups is 1. The first-order valence-electron chi connectivity index (χ1n) is 4.47. The minimum Gasteiger partial charge on any atom is -0.480 e. The molecule has 0 saturated heterocycles. The Labute approximate surface area is 90.9 Å². The van der Waals surface area contributed by atoms with Crippen LogP contribution in [0.4, 0.5) is 10.1 Å². The topological polar surface area (TPSA) is 40.5 Å². The number of rotatable bonds is 1. The maximum Gasteiger partial charge on any atom is 0.327 e. The normalized spacial score (nSPS) is 19.9. The van der Waals surface area contributed by atoms with Gasteiger partial charge >= 0.3 is 5.97 Å². The monoisotopic (exact) mass is 227 g/mol. The van der Waals surface area contributed by atoms with Crippen molar-refractivity contribution < 1.29 is 14.3 Å². The van der Waals surface area contributed by atoms with Crippen LogP contribution in [0.5, 0.6) is 0 Å². The summed E-state index contributed by atoms with van der Waals surface area (Å²) in [4.78, 5) is 13.4. The highest BCUT2D eigenvalue weighted by atomic mass is 32.2. The highest BCUT2D eigenvalue weighted by Crippen LogP contribution is 2.36. The van der Waals surface area contributed by atoms with Crippen LogP contribution < -0.4 is 4.90 Å². The van der Waals surface area contributed by atoms with E-state index in [2.05, 4.69) is 0 Å². The molecular weight excluding hydrogens is 217 g/mol. The minimum absolute atomic E-state index is 0.288. The van der Waals surface area contributed by atoms with Crippen molar-refractivity contribution in [1.82, 2.24) is 0 Å². The zero-order valence-electron chi connectivity index (χ0n) is 8.11. The summed E-state index contributed by atoms with van der Waals surface area (Å²) < 4.78 is 12.9. The lowest BCUT2D eigenvalue weighted by molar-refractivity contribution is -0.138. The van der Waals surface area contributed by atoms with E-state index in [4.69, 9.17) is 5.11 Å². The number of nitrogens with zero attached hydrogens (tertiary/aromatic N) is 1. The summed E-state index contributed by atoms with van der Waals surface area (Å²) in [5.41, 5.74) is 0.778. The average Bonchev–Trinajstić information content (AvgIpc) is 2.17. The molecule has 1 unspecified atom stereocenters. The molecule has 3 nitrogen and oxygen atoms in total. The molecule has 1 aromatic rings. The molecule has 1 heterocycles. The summed E-state index contributed by atoms with van der Waals surface area (Å²) in [6.45, 7) is 0. The maximum atomic E-state index is 12.9. The molecule has 0 saturated carbocycles. The van der Waals surface area contributed by atoms with E-state index in [1.54, 1.807) is 18.0 Å². The Morgan fingerprint density at radius 1 is 1.67 bits per heavy atom. The van der Waals surface area contributed by atoms with Gasteiger partial charge < -0.3 is 10.0 Å². The van der Waals surface area contributed by atoms with Crippen LogP contribution >= 0.6 is 11.8 Å². The number of anilines is 1. The molecule has 2 rings (SSSR count). The summed E-state index contributed by atoms with van der Waals surface area (Å²) in [6, 6.07) is 3.87. The molecule has 15 heavy (non-hydrogen) atoms. The van der Waals surface area contributed by atoms with Gasteiger partial charge in [-0.3, -0.25) is 0 Å². The first-order valence-corrected chi connectivity index (χ1v) is 5.46. The lowest BCUT2D eigenvalue weighted by atomic mass is 10.2. The van der Waals surface area contributed by atoms with Crippen LogP contribution in [0, 0.1) is 5.82 Å². The summed E-state index contributed by atoms with van der Waals surface area (Å²) in [5, 5.41) is 8.96. The van der Waals surface area contributed by atoms with Crippen LogP contribution in [0.2, 0.25) is 0 Å². The number of benzene rings is 1. The van der Waals surface area contributed by atoms with Gasteiger partial charge in [-0.05, 0) is 18.2 Å². The van der Waals surface area contributed by atoms with Gasteiger partial charge in [0.1, 0.15) is 11.9 Å². The lowest BCUT2D eigenvalue weighted by Crippen LogP contribution is -2.42. The van der Waals surface area contributed by atoms with Crippen LogP contribution in [0.1, 0.15) is 0 Å². The Hall–Kier alpha value is -1.23.